The zero-order valence-electron chi connectivity index (χ0n) is 11.7. The fourth-order valence-electron chi connectivity index (χ4n) is 2.93. The van der Waals surface area contributed by atoms with E-state index < -0.39 is 12.0 Å². The summed E-state index contributed by atoms with van der Waals surface area (Å²) >= 11 is 0. The number of carbonyl (C=O) groups excluding carboxylic acids is 1. The average Bonchev–Trinajstić information content (AvgIpc) is 2.88. The Balaban J connectivity index is 1.89. The number of nitrogens with zero attached hydrogens (tertiary/aromatic N) is 2. The van der Waals surface area contributed by atoms with Gasteiger partial charge in [-0.2, -0.15) is 0 Å². The number of amides is 2. The molecule has 1 aromatic carbocycles. The van der Waals surface area contributed by atoms with Crippen molar-refractivity contribution in [1.29, 1.82) is 0 Å². The van der Waals surface area contributed by atoms with Crippen molar-refractivity contribution in [2.24, 2.45) is 0 Å². The normalized spacial score (nSPS) is 21.4. The minimum absolute atomic E-state index is 0.238. The van der Waals surface area contributed by atoms with Crippen LogP contribution < -0.4 is 9.64 Å². The van der Waals surface area contributed by atoms with Gasteiger partial charge in [0.05, 0.1) is 12.3 Å². The Morgan fingerprint density at radius 3 is 2.81 bits per heavy atom. The predicted molar refractivity (Wildman–Crippen MR) is 76.7 cm³/mol. The summed E-state index contributed by atoms with van der Waals surface area (Å²) < 4.78 is 5.64. The van der Waals surface area contributed by atoms with Crippen LogP contribution >= 0.6 is 0 Å². The first-order valence-corrected chi connectivity index (χ1v) is 7.21. The number of rotatable bonds is 1. The van der Waals surface area contributed by atoms with Crippen molar-refractivity contribution in [1.82, 2.24) is 4.90 Å². The van der Waals surface area contributed by atoms with Crippen LogP contribution in [0, 0.1) is 0 Å². The van der Waals surface area contributed by atoms with E-state index in [1.807, 2.05) is 24.3 Å². The van der Waals surface area contributed by atoms with Crippen LogP contribution in [0.15, 0.2) is 24.3 Å². The zero-order chi connectivity index (χ0) is 14.8. The van der Waals surface area contributed by atoms with E-state index in [0.29, 0.717) is 31.9 Å². The van der Waals surface area contributed by atoms with E-state index in [4.69, 9.17) is 4.74 Å². The molecule has 6 heteroatoms. The van der Waals surface area contributed by atoms with Crippen LogP contribution in [0.5, 0.6) is 5.75 Å². The lowest BCUT2D eigenvalue weighted by atomic mass is 10.2. The summed E-state index contributed by atoms with van der Waals surface area (Å²) in [5.41, 5.74) is 0.719. The number of anilines is 1. The topological polar surface area (TPSA) is 70.1 Å². The molecule has 1 atom stereocenters. The first-order chi connectivity index (χ1) is 10.2. The second-order valence-electron chi connectivity index (χ2n) is 5.29. The molecule has 21 heavy (non-hydrogen) atoms. The monoisotopic (exact) mass is 290 g/mol. The van der Waals surface area contributed by atoms with Gasteiger partial charge in [0.15, 0.2) is 0 Å². The van der Waals surface area contributed by atoms with Gasteiger partial charge in [0.2, 0.25) is 0 Å². The Kier molecular flexibility index (Phi) is 3.68. The third-order valence-corrected chi connectivity index (χ3v) is 3.95. The van der Waals surface area contributed by atoms with Gasteiger partial charge in [0.1, 0.15) is 11.8 Å². The molecule has 0 saturated carbocycles. The van der Waals surface area contributed by atoms with Crippen LogP contribution in [0.1, 0.15) is 19.3 Å². The highest BCUT2D eigenvalue weighted by Gasteiger charge is 2.37. The molecule has 2 amide bonds. The molecule has 3 rings (SSSR count). The van der Waals surface area contributed by atoms with Gasteiger partial charge in [-0.25, -0.2) is 9.59 Å². The molecule has 0 spiro atoms. The Morgan fingerprint density at radius 1 is 1.19 bits per heavy atom. The second-order valence-corrected chi connectivity index (χ2v) is 5.29. The Morgan fingerprint density at radius 2 is 2.00 bits per heavy atom. The van der Waals surface area contributed by atoms with Gasteiger partial charge in [-0.3, -0.25) is 4.90 Å². The molecule has 0 radical (unpaired) electrons. The van der Waals surface area contributed by atoms with Crippen molar-refractivity contribution in [3.63, 3.8) is 0 Å². The predicted octanol–water partition coefficient (Wildman–Crippen LogP) is 1.94. The summed E-state index contributed by atoms with van der Waals surface area (Å²) in [6.45, 7) is 1.59. The highest BCUT2D eigenvalue weighted by atomic mass is 16.5. The number of hydrogen-bond donors (Lipinski definition) is 1. The molecule has 2 aliphatic rings. The van der Waals surface area contributed by atoms with E-state index in [2.05, 4.69) is 0 Å². The number of likely N-dealkylation sites (tertiary alicyclic amines) is 1. The molecule has 0 bridgehead atoms. The first-order valence-electron chi connectivity index (χ1n) is 7.21. The van der Waals surface area contributed by atoms with E-state index in [0.717, 1.165) is 18.5 Å². The van der Waals surface area contributed by atoms with Crippen LogP contribution in [-0.4, -0.2) is 47.7 Å². The summed E-state index contributed by atoms with van der Waals surface area (Å²) in [5.74, 6) is -0.255. The fourth-order valence-corrected chi connectivity index (χ4v) is 2.93. The lowest BCUT2D eigenvalue weighted by molar-refractivity contribution is -0.141. The van der Waals surface area contributed by atoms with Crippen LogP contribution in [0.25, 0.3) is 0 Å². The zero-order valence-corrected chi connectivity index (χ0v) is 11.7. The van der Waals surface area contributed by atoms with E-state index >= 15 is 0 Å². The highest BCUT2D eigenvalue weighted by Crippen LogP contribution is 2.32. The fraction of sp³-hybridized carbons (Fsp3) is 0.467. The number of carboxylic acids is 1. The standard InChI is InChI=1S/C15H18N2O4/c18-14(19)12-6-3-8-17(12)15(20)16-9-4-10-21-13-7-2-1-5-11(13)16/h1-2,5,7,12H,3-4,6,8-10H2,(H,18,19). The van der Waals surface area contributed by atoms with Gasteiger partial charge < -0.3 is 14.7 Å². The van der Waals surface area contributed by atoms with Crippen molar-refractivity contribution in [2.75, 3.05) is 24.6 Å². The smallest absolute Gasteiger partial charge is 0.326 e. The van der Waals surface area contributed by atoms with Gasteiger partial charge in [0, 0.05) is 13.1 Å². The molecular formula is C15H18N2O4. The second kappa shape index (κ2) is 5.63. The number of ether oxygens (including phenoxy) is 1. The van der Waals surface area contributed by atoms with Crippen LogP contribution in [0.3, 0.4) is 0 Å². The summed E-state index contributed by atoms with van der Waals surface area (Å²) in [4.78, 5) is 27.1. The van der Waals surface area contributed by atoms with Gasteiger partial charge in [-0.05, 0) is 31.4 Å². The molecular weight excluding hydrogens is 272 g/mol. The molecule has 112 valence electrons. The Hall–Kier alpha value is -2.24. The van der Waals surface area contributed by atoms with Gasteiger partial charge in [-0.1, -0.05) is 12.1 Å². The molecule has 1 N–H and O–H groups in total. The molecule has 1 aromatic rings. The van der Waals surface area contributed by atoms with Crippen LogP contribution in [0.2, 0.25) is 0 Å². The number of hydrogen-bond acceptors (Lipinski definition) is 3. The summed E-state index contributed by atoms with van der Waals surface area (Å²) in [5, 5.41) is 9.24. The SMILES string of the molecule is O=C(O)C1CCCN1C(=O)N1CCCOc2ccccc21. The van der Waals surface area contributed by atoms with Crippen molar-refractivity contribution in [3.05, 3.63) is 24.3 Å². The number of carbonyl (C=O) groups is 2. The first kappa shape index (κ1) is 13.7. The maximum atomic E-state index is 12.8. The van der Waals surface area contributed by atoms with Crippen molar-refractivity contribution in [2.45, 2.75) is 25.3 Å². The van der Waals surface area contributed by atoms with E-state index in [1.165, 1.54) is 4.90 Å². The minimum Gasteiger partial charge on any atom is -0.491 e. The number of aliphatic carboxylic acids is 1. The molecule has 1 saturated heterocycles. The Labute approximate surface area is 122 Å². The van der Waals surface area contributed by atoms with Crippen LogP contribution in [-0.2, 0) is 4.79 Å². The molecule has 6 nitrogen and oxygen atoms in total. The number of fused-ring (bicyclic) bond motifs is 1. The minimum atomic E-state index is -0.930. The van der Waals surface area contributed by atoms with E-state index in [9.17, 15) is 14.7 Å². The molecule has 0 aliphatic carbocycles. The maximum absolute atomic E-state index is 12.8. The van der Waals surface area contributed by atoms with Gasteiger partial charge in [0.25, 0.3) is 0 Å². The van der Waals surface area contributed by atoms with Crippen LogP contribution in [0.4, 0.5) is 10.5 Å². The van der Waals surface area contributed by atoms with Crippen molar-refractivity contribution < 1.29 is 19.4 Å². The third kappa shape index (κ3) is 2.53. The van der Waals surface area contributed by atoms with E-state index in [1.54, 1.807) is 4.90 Å². The quantitative estimate of drug-likeness (QED) is 0.858. The number of benzene rings is 1. The number of urea groups is 1. The lowest BCUT2D eigenvalue weighted by Gasteiger charge is -2.29. The molecule has 2 aliphatic heterocycles. The number of carboxylic acid groups (broad SMARTS) is 1. The maximum Gasteiger partial charge on any atom is 0.326 e. The third-order valence-electron chi connectivity index (χ3n) is 3.95. The van der Waals surface area contributed by atoms with Gasteiger partial charge in [-0.15, -0.1) is 0 Å². The van der Waals surface area contributed by atoms with Crippen molar-refractivity contribution >= 4 is 17.7 Å². The molecule has 1 unspecified atom stereocenters. The molecule has 2 heterocycles. The number of para-hydroxylation sites is 2. The highest BCUT2D eigenvalue weighted by molar-refractivity contribution is 5.96. The molecule has 1 fully saturated rings. The Bertz CT molecular complexity index is 560. The summed E-state index contributed by atoms with van der Waals surface area (Å²) in [7, 11) is 0. The molecule has 0 aromatic heterocycles. The van der Waals surface area contributed by atoms with Gasteiger partial charge >= 0.3 is 12.0 Å². The average molecular weight is 290 g/mol. The summed E-state index contributed by atoms with van der Waals surface area (Å²) in [6, 6.07) is 6.44. The summed E-state index contributed by atoms with van der Waals surface area (Å²) in [6.07, 6.45) is 1.98. The van der Waals surface area contributed by atoms with E-state index in [-0.39, 0.29) is 6.03 Å². The largest absolute Gasteiger partial charge is 0.491 e. The van der Waals surface area contributed by atoms with Crippen molar-refractivity contribution in [3.8, 4) is 5.75 Å². The lowest BCUT2D eigenvalue weighted by Crippen LogP contribution is -2.48.